The first-order valence-corrected chi connectivity index (χ1v) is 5.82. The number of carbonyl (C=O) groups excluding carboxylic acids is 1. The molecule has 0 heterocycles. The van der Waals surface area contributed by atoms with Crippen LogP contribution in [0.3, 0.4) is 0 Å². The standard InChI is InChI=1S/C14H19NO3/c1-11-4-6-13(7-5-11)18-10-12(2)15-9-8-14(16)17-3/h4-9,12,15H,10H2,1-3H3/b9-8+. The van der Waals surface area contributed by atoms with Crippen molar-refractivity contribution in [3.63, 3.8) is 0 Å². The van der Waals surface area contributed by atoms with Crippen molar-refractivity contribution >= 4 is 5.97 Å². The van der Waals surface area contributed by atoms with E-state index in [0.29, 0.717) is 6.61 Å². The molecule has 1 rings (SSSR count). The van der Waals surface area contributed by atoms with Crippen LogP contribution in [0.5, 0.6) is 5.75 Å². The first-order valence-electron chi connectivity index (χ1n) is 5.82. The van der Waals surface area contributed by atoms with E-state index in [-0.39, 0.29) is 12.0 Å². The Labute approximate surface area is 108 Å². The van der Waals surface area contributed by atoms with Crippen LogP contribution in [0.2, 0.25) is 0 Å². The molecule has 0 fully saturated rings. The van der Waals surface area contributed by atoms with Gasteiger partial charge in [-0.3, -0.25) is 0 Å². The molecule has 0 saturated carbocycles. The number of ether oxygens (including phenoxy) is 2. The maximum atomic E-state index is 10.8. The molecule has 98 valence electrons. The Morgan fingerprint density at radius 3 is 2.67 bits per heavy atom. The zero-order chi connectivity index (χ0) is 13.4. The summed E-state index contributed by atoms with van der Waals surface area (Å²) in [6.07, 6.45) is 2.90. The summed E-state index contributed by atoms with van der Waals surface area (Å²) in [4.78, 5) is 10.8. The van der Waals surface area contributed by atoms with Crippen LogP contribution in [0.15, 0.2) is 36.5 Å². The number of hydrogen-bond donors (Lipinski definition) is 1. The van der Waals surface area contributed by atoms with Crippen molar-refractivity contribution < 1.29 is 14.3 Å². The number of carbonyl (C=O) groups is 1. The summed E-state index contributed by atoms with van der Waals surface area (Å²) in [7, 11) is 1.34. The van der Waals surface area contributed by atoms with E-state index < -0.39 is 0 Å². The minimum atomic E-state index is -0.380. The van der Waals surface area contributed by atoms with E-state index in [2.05, 4.69) is 10.1 Å². The molecule has 0 aliphatic rings. The molecule has 0 aromatic heterocycles. The van der Waals surface area contributed by atoms with Crippen molar-refractivity contribution in [3.05, 3.63) is 42.1 Å². The van der Waals surface area contributed by atoms with Gasteiger partial charge in [0.1, 0.15) is 12.4 Å². The van der Waals surface area contributed by atoms with Crippen LogP contribution in [-0.2, 0) is 9.53 Å². The normalized spacial score (nSPS) is 12.2. The number of hydrogen-bond acceptors (Lipinski definition) is 4. The van der Waals surface area contributed by atoms with E-state index in [4.69, 9.17) is 4.74 Å². The second-order valence-electron chi connectivity index (χ2n) is 4.05. The number of methoxy groups -OCH3 is 1. The van der Waals surface area contributed by atoms with Crippen molar-refractivity contribution in [1.82, 2.24) is 5.32 Å². The molecule has 4 nitrogen and oxygen atoms in total. The van der Waals surface area contributed by atoms with Gasteiger partial charge in [-0.25, -0.2) is 4.79 Å². The molecule has 1 unspecified atom stereocenters. The number of esters is 1. The second kappa shape index (κ2) is 7.37. The van der Waals surface area contributed by atoms with Crippen LogP contribution >= 0.6 is 0 Å². The van der Waals surface area contributed by atoms with E-state index in [0.717, 1.165) is 5.75 Å². The molecule has 0 spiro atoms. The molecule has 0 amide bonds. The van der Waals surface area contributed by atoms with Crippen LogP contribution in [0, 0.1) is 6.92 Å². The van der Waals surface area contributed by atoms with Crippen molar-refractivity contribution in [2.45, 2.75) is 19.9 Å². The van der Waals surface area contributed by atoms with E-state index >= 15 is 0 Å². The van der Waals surface area contributed by atoms with Gasteiger partial charge in [-0.05, 0) is 26.0 Å². The molecule has 4 heteroatoms. The molecule has 18 heavy (non-hydrogen) atoms. The molecule has 0 saturated heterocycles. The molecule has 0 radical (unpaired) electrons. The minimum Gasteiger partial charge on any atom is -0.491 e. The summed E-state index contributed by atoms with van der Waals surface area (Å²) in [5.74, 6) is 0.459. The summed E-state index contributed by atoms with van der Waals surface area (Å²) in [6, 6.07) is 7.99. The van der Waals surface area contributed by atoms with Gasteiger partial charge in [0.25, 0.3) is 0 Å². The Morgan fingerprint density at radius 2 is 2.06 bits per heavy atom. The third kappa shape index (κ3) is 5.39. The average molecular weight is 249 g/mol. The second-order valence-corrected chi connectivity index (χ2v) is 4.05. The predicted molar refractivity (Wildman–Crippen MR) is 70.4 cm³/mol. The number of nitrogens with one attached hydrogen (secondary N) is 1. The van der Waals surface area contributed by atoms with Gasteiger partial charge in [-0.2, -0.15) is 0 Å². The van der Waals surface area contributed by atoms with Gasteiger partial charge < -0.3 is 14.8 Å². The summed E-state index contributed by atoms with van der Waals surface area (Å²) in [5, 5.41) is 3.02. The van der Waals surface area contributed by atoms with E-state index in [9.17, 15) is 4.79 Å². The molecule has 1 atom stereocenters. The smallest absolute Gasteiger partial charge is 0.331 e. The highest BCUT2D eigenvalue weighted by Gasteiger charge is 2.00. The van der Waals surface area contributed by atoms with Crippen LogP contribution in [0.4, 0.5) is 0 Å². The SMILES string of the molecule is COC(=O)/C=C/NC(C)COc1ccc(C)cc1. The summed E-state index contributed by atoms with van der Waals surface area (Å²) >= 11 is 0. The highest BCUT2D eigenvalue weighted by atomic mass is 16.5. The summed E-state index contributed by atoms with van der Waals surface area (Å²) < 4.78 is 10.1. The quantitative estimate of drug-likeness (QED) is 0.619. The lowest BCUT2D eigenvalue weighted by molar-refractivity contribution is -0.134. The van der Waals surface area contributed by atoms with E-state index in [1.807, 2.05) is 38.1 Å². The predicted octanol–water partition coefficient (Wildman–Crippen LogP) is 2.04. The molecule has 0 bridgehead atoms. The lowest BCUT2D eigenvalue weighted by Gasteiger charge is -2.13. The third-order valence-corrected chi connectivity index (χ3v) is 2.32. The molecular formula is C14H19NO3. The van der Waals surface area contributed by atoms with Crippen LogP contribution in [0.1, 0.15) is 12.5 Å². The van der Waals surface area contributed by atoms with Crippen molar-refractivity contribution in [2.24, 2.45) is 0 Å². The van der Waals surface area contributed by atoms with Crippen LogP contribution in [-0.4, -0.2) is 25.7 Å². The van der Waals surface area contributed by atoms with Crippen LogP contribution < -0.4 is 10.1 Å². The van der Waals surface area contributed by atoms with Gasteiger partial charge in [-0.15, -0.1) is 0 Å². The summed E-state index contributed by atoms with van der Waals surface area (Å²) in [6.45, 7) is 4.52. The minimum absolute atomic E-state index is 0.104. The molecule has 1 aromatic carbocycles. The van der Waals surface area contributed by atoms with E-state index in [1.165, 1.54) is 18.7 Å². The maximum absolute atomic E-state index is 10.8. The molecule has 1 N–H and O–H groups in total. The molecular weight excluding hydrogens is 230 g/mol. The first-order chi connectivity index (χ1) is 8.61. The Morgan fingerprint density at radius 1 is 1.39 bits per heavy atom. The third-order valence-electron chi connectivity index (χ3n) is 2.32. The monoisotopic (exact) mass is 249 g/mol. The Hall–Kier alpha value is -1.97. The van der Waals surface area contributed by atoms with E-state index in [1.54, 1.807) is 6.20 Å². The lowest BCUT2D eigenvalue weighted by Crippen LogP contribution is -2.27. The number of aryl methyl sites for hydroxylation is 1. The van der Waals surface area contributed by atoms with Gasteiger partial charge in [0.05, 0.1) is 13.2 Å². The Kier molecular flexibility index (Phi) is 5.77. The van der Waals surface area contributed by atoms with Crippen molar-refractivity contribution in [1.29, 1.82) is 0 Å². The zero-order valence-electron chi connectivity index (χ0n) is 11.0. The van der Waals surface area contributed by atoms with Crippen molar-refractivity contribution in [2.75, 3.05) is 13.7 Å². The summed E-state index contributed by atoms with van der Waals surface area (Å²) in [5.41, 5.74) is 1.20. The maximum Gasteiger partial charge on any atom is 0.331 e. The molecule has 0 aliphatic carbocycles. The Balaban J connectivity index is 2.28. The van der Waals surface area contributed by atoms with Crippen LogP contribution in [0.25, 0.3) is 0 Å². The molecule has 1 aromatic rings. The lowest BCUT2D eigenvalue weighted by atomic mass is 10.2. The van der Waals surface area contributed by atoms with Gasteiger partial charge >= 0.3 is 5.97 Å². The number of benzene rings is 1. The topological polar surface area (TPSA) is 47.6 Å². The average Bonchev–Trinajstić information content (AvgIpc) is 2.38. The molecule has 0 aliphatic heterocycles. The highest BCUT2D eigenvalue weighted by Crippen LogP contribution is 2.11. The first kappa shape index (κ1) is 14.1. The van der Waals surface area contributed by atoms with Crippen molar-refractivity contribution in [3.8, 4) is 5.75 Å². The zero-order valence-corrected chi connectivity index (χ0v) is 11.0. The fraction of sp³-hybridized carbons (Fsp3) is 0.357. The van der Waals surface area contributed by atoms with Gasteiger partial charge in [0.2, 0.25) is 0 Å². The fourth-order valence-corrected chi connectivity index (χ4v) is 1.25. The largest absolute Gasteiger partial charge is 0.491 e. The highest BCUT2D eigenvalue weighted by molar-refractivity contribution is 5.81. The fourth-order valence-electron chi connectivity index (χ4n) is 1.25. The van der Waals surface area contributed by atoms with Gasteiger partial charge in [0.15, 0.2) is 0 Å². The Bertz CT molecular complexity index is 398. The van der Waals surface area contributed by atoms with Gasteiger partial charge in [-0.1, -0.05) is 17.7 Å². The van der Waals surface area contributed by atoms with Gasteiger partial charge in [0, 0.05) is 12.3 Å². The number of rotatable bonds is 6.